The summed E-state index contributed by atoms with van der Waals surface area (Å²) in [6, 6.07) is 12.5. The maximum Gasteiger partial charge on any atom is 0.407 e. The van der Waals surface area contributed by atoms with Gasteiger partial charge in [-0.15, -0.1) is 0 Å². The van der Waals surface area contributed by atoms with E-state index in [0.29, 0.717) is 19.6 Å². The van der Waals surface area contributed by atoms with Gasteiger partial charge in [-0.05, 0) is 62.1 Å². The molecule has 1 amide bonds. The van der Waals surface area contributed by atoms with E-state index in [4.69, 9.17) is 25.1 Å². The van der Waals surface area contributed by atoms with E-state index in [9.17, 15) is 19.5 Å². The summed E-state index contributed by atoms with van der Waals surface area (Å²) in [7, 11) is 0. The number of alkyl carbamates (subject to hydrolysis) is 1. The highest BCUT2D eigenvalue weighted by Gasteiger charge is 2.21. The van der Waals surface area contributed by atoms with Gasteiger partial charge in [-0.2, -0.15) is 0 Å². The first-order chi connectivity index (χ1) is 17.7. The highest BCUT2D eigenvalue weighted by atomic mass is 16.5. The van der Waals surface area contributed by atoms with Crippen LogP contribution in [-0.2, 0) is 27.2 Å². The normalized spacial score (nSPS) is 11.8. The molecule has 0 aromatic heterocycles. The fourth-order valence-corrected chi connectivity index (χ4v) is 3.05. The Balaban J connectivity index is 0.000000397. The van der Waals surface area contributed by atoms with E-state index in [1.165, 1.54) is 0 Å². The molecule has 0 bridgehead atoms. The Hall–Kier alpha value is -3.79. The third-order valence-corrected chi connectivity index (χ3v) is 5.00. The van der Waals surface area contributed by atoms with Gasteiger partial charge < -0.3 is 35.5 Å². The van der Waals surface area contributed by atoms with E-state index in [-0.39, 0.29) is 13.0 Å². The molecule has 204 valence electrons. The summed E-state index contributed by atoms with van der Waals surface area (Å²) in [6.45, 7) is 7.26. The first-order valence-corrected chi connectivity index (χ1v) is 12.3. The molecule has 0 aliphatic rings. The molecule has 2 aromatic carbocycles. The minimum atomic E-state index is -1.10. The van der Waals surface area contributed by atoms with Crippen LogP contribution in [0.4, 0.5) is 4.79 Å². The zero-order chi connectivity index (χ0) is 27.6. The Labute approximate surface area is 217 Å². The molecule has 2 aromatic rings. The number of aliphatic carboxylic acids is 2. The number of unbranched alkanes of at least 4 members (excludes halogenated alkanes) is 1. The van der Waals surface area contributed by atoms with Crippen LogP contribution in [0.25, 0.3) is 0 Å². The number of hydrogen-bond acceptors (Lipinski definition) is 7. The number of ether oxygens (including phenoxy) is 3. The van der Waals surface area contributed by atoms with Gasteiger partial charge in [-0.25, -0.2) is 9.59 Å². The van der Waals surface area contributed by atoms with E-state index in [0.717, 1.165) is 35.5 Å². The van der Waals surface area contributed by atoms with Crippen molar-refractivity contribution >= 4 is 18.0 Å². The molecule has 10 nitrogen and oxygen atoms in total. The molecule has 0 aliphatic carbocycles. The van der Waals surface area contributed by atoms with Crippen molar-refractivity contribution < 1.29 is 38.8 Å². The van der Waals surface area contributed by atoms with E-state index in [1.54, 1.807) is 24.3 Å². The molecule has 2 rings (SSSR count). The van der Waals surface area contributed by atoms with Crippen molar-refractivity contribution in [3.8, 4) is 11.5 Å². The average molecular weight is 519 g/mol. The fourth-order valence-electron chi connectivity index (χ4n) is 3.05. The molecule has 0 aliphatic heterocycles. The molecule has 0 unspecified atom stereocenters. The molecule has 0 saturated heterocycles. The van der Waals surface area contributed by atoms with Crippen LogP contribution in [0.15, 0.2) is 48.5 Å². The van der Waals surface area contributed by atoms with Crippen molar-refractivity contribution in [1.82, 2.24) is 5.32 Å². The van der Waals surface area contributed by atoms with E-state index < -0.39 is 30.1 Å². The van der Waals surface area contributed by atoms with Gasteiger partial charge in [0, 0.05) is 6.42 Å². The Morgan fingerprint density at radius 2 is 1.30 bits per heavy atom. The molecule has 0 spiro atoms. The minimum Gasteiger partial charge on any atom is -0.494 e. The lowest BCUT2D eigenvalue weighted by molar-refractivity contribution is -0.139. The molecule has 2 atom stereocenters. The van der Waals surface area contributed by atoms with Crippen LogP contribution in [0.3, 0.4) is 0 Å². The summed E-state index contributed by atoms with van der Waals surface area (Å²) in [6.07, 6.45) is 1.48. The standard InChI is InChI=1S/C16H23NO5.C11H15NO3/c1-3-5-10-22-16(20)17-14(15(18)19)11-12-6-8-13(9-7-12)21-4-2;1-2-15-9-5-3-8(4-6-9)7-10(12)11(13)14/h6-9,14H,3-5,10-11H2,1-2H3,(H,17,20)(H,18,19);3-6,10H,2,7,12H2,1H3,(H,13,14)/t14-;10-/m11/s1. The number of hydrogen-bond donors (Lipinski definition) is 4. The second-order valence-electron chi connectivity index (χ2n) is 8.03. The molecule has 0 saturated carbocycles. The van der Waals surface area contributed by atoms with Crippen LogP contribution >= 0.6 is 0 Å². The maximum absolute atomic E-state index is 11.5. The monoisotopic (exact) mass is 518 g/mol. The van der Waals surface area contributed by atoms with Crippen LogP contribution < -0.4 is 20.5 Å². The van der Waals surface area contributed by atoms with Crippen LogP contribution in [0.2, 0.25) is 0 Å². The van der Waals surface area contributed by atoms with Gasteiger partial charge in [0.25, 0.3) is 0 Å². The molecule has 37 heavy (non-hydrogen) atoms. The van der Waals surface area contributed by atoms with Gasteiger partial charge in [0.15, 0.2) is 0 Å². The van der Waals surface area contributed by atoms with Gasteiger partial charge in [0.05, 0.1) is 19.8 Å². The third kappa shape index (κ3) is 13.2. The Morgan fingerprint density at radius 3 is 1.70 bits per heavy atom. The quantitative estimate of drug-likeness (QED) is 0.274. The number of carbonyl (C=O) groups is 3. The number of nitrogens with two attached hydrogens (primary N) is 1. The summed E-state index contributed by atoms with van der Waals surface area (Å²) in [5.74, 6) is -0.569. The van der Waals surface area contributed by atoms with Crippen molar-refractivity contribution in [3.05, 3.63) is 59.7 Å². The average Bonchev–Trinajstić information content (AvgIpc) is 2.86. The molecule has 0 radical (unpaired) electrons. The molecule has 0 fully saturated rings. The summed E-state index contributed by atoms with van der Waals surface area (Å²) in [4.78, 5) is 33.3. The van der Waals surface area contributed by atoms with E-state index in [1.807, 2.05) is 45.0 Å². The number of carboxylic acids is 2. The number of rotatable bonds is 14. The molecule has 10 heteroatoms. The first kappa shape index (κ1) is 31.2. The smallest absolute Gasteiger partial charge is 0.407 e. The predicted octanol–water partition coefficient (Wildman–Crippen LogP) is 3.65. The van der Waals surface area contributed by atoms with Crippen LogP contribution in [0.5, 0.6) is 11.5 Å². The van der Waals surface area contributed by atoms with Crippen LogP contribution in [-0.4, -0.2) is 60.1 Å². The first-order valence-electron chi connectivity index (χ1n) is 12.3. The van der Waals surface area contributed by atoms with Crippen LogP contribution in [0, 0.1) is 0 Å². The number of benzene rings is 2. The van der Waals surface area contributed by atoms with Gasteiger partial charge >= 0.3 is 18.0 Å². The Bertz CT molecular complexity index is 948. The molecule has 5 N–H and O–H groups in total. The SMILES string of the molecule is CCCCOC(=O)N[C@H](Cc1ccc(OCC)cc1)C(=O)O.CCOc1ccc(C[C@@H](N)C(=O)O)cc1. The van der Waals surface area contributed by atoms with Crippen molar-refractivity contribution in [3.63, 3.8) is 0 Å². The largest absolute Gasteiger partial charge is 0.494 e. The van der Waals surface area contributed by atoms with Crippen molar-refractivity contribution in [1.29, 1.82) is 0 Å². The summed E-state index contributed by atoms with van der Waals surface area (Å²) < 4.78 is 15.5. The Kier molecular flexibility index (Phi) is 14.9. The summed E-state index contributed by atoms with van der Waals surface area (Å²) >= 11 is 0. The molecular weight excluding hydrogens is 480 g/mol. The van der Waals surface area contributed by atoms with Crippen molar-refractivity contribution in [2.75, 3.05) is 19.8 Å². The van der Waals surface area contributed by atoms with Gasteiger partial charge in [-0.3, -0.25) is 4.79 Å². The third-order valence-electron chi connectivity index (χ3n) is 5.00. The van der Waals surface area contributed by atoms with Crippen molar-refractivity contribution in [2.24, 2.45) is 5.73 Å². The fraction of sp³-hybridized carbons (Fsp3) is 0.444. The lowest BCUT2D eigenvalue weighted by atomic mass is 10.1. The minimum absolute atomic E-state index is 0.185. The number of carboxylic acid groups (broad SMARTS) is 2. The van der Waals surface area contributed by atoms with E-state index >= 15 is 0 Å². The highest BCUT2D eigenvalue weighted by Crippen LogP contribution is 2.14. The zero-order valence-electron chi connectivity index (χ0n) is 21.6. The summed E-state index contributed by atoms with van der Waals surface area (Å²) in [5, 5.41) is 20.2. The predicted molar refractivity (Wildman–Crippen MR) is 139 cm³/mol. The van der Waals surface area contributed by atoms with Crippen molar-refractivity contribution in [2.45, 2.75) is 58.5 Å². The second kappa shape index (κ2) is 17.6. The zero-order valence-corrected chi connectivity index (χ0v) is 21.6. The van der Waals surface area contributed by atoms with Gasteiger partial charge in [0.1, 0.15) is 23.6 Å². The number of carbonyl (C=O) groups excluding carboxylic acids is 1. The number of nitrogens with one attached hydrogen (secondary N) is 1. The maximum atomic E-state index is 11.5. The second-order valence-corrected chi connectivity index (χ2v) is 8.03. The Morgan fingerprint density at radius 1 is 0.811 bits per heavy atom. The topological polar surface area (TPSA) is 157 Å². The number of amides is 1. The lowest BCUT2D eigenvalue weighted by Crippen LogP contribution is -2.42. The van der Waals surface area contributed by atoms with Gasteiger partial charge in [0.2, 0.25) is 0 Å². The molecule has 0 heterocycles. The van der Waals surface area contributed by atoms with Gasteiger partial charge in [-0.1, -0.05) is 37.6 Å². The highest BCUT2D eigenvalue weighted by molar-refractivity contribution is 5.80. The van der Waals surface area contributed by atoms with E-state index in [2.05, 4.69) is 5.32 Å². The molecular formula is C27H38N2O8. The lowest BCUT2D eigenvalue weighted by Gasteiger charge is -2.15. The van der Waals surface area contributed by atoms with Crippen LogP contribution in [0.1, 0.15) is 44.7 Å². The summed E-state index contributed by atoms with van der Waals surface area (Å²) in [5.41, 5.74) is 7.11.